The molecular formula is C21H22N4O4. The minimum atomic E-state index is -0.507. The molecule has 0 aliphatic heterocycles. The van der Waals surface area contributed by atoms with Gasteiger partial charge < -0.3 is 14.6 Å². The highest BCUT2D eigenvalue weighted by atomic mass is 16.5. The van der Waals surface area contributed by atoms with Gasteiger partial charge in [-0.25, -0.2) is 9.31 Å². The third-order valence-electron chi connectivity index (χ3n) is 5.04. The summed E-state index contributed by atoms with van der Waals surface area (Å²) in [6, 6.07) is 6.63. The molecule has 0 atom stereocenters. The number of ether oxygens (including phenoxy) is 1. The molecule has 0 unspecified atom stereocenters. The molecule has 8 nitrogen and oxygen atoms in total. The summed E-state index contributed by atoms with van der Waals surface area (Å²) in [7, 11) is 0. The van der Waals surface area contributed by atoms with Gasteiger partial charge in [-0.3, -0.25) is 9.59 Å². The van der Waals surface area contributed by atoms with Crippen molar-refractivity contribution in [1.29, 1.82) is 0 Å². The smallest absolute Gasteiger partial charge is 0.340 e. The van der Waals surface area contributed by atoms with Crippen LogP contribution in [0.2, 0.25) is 0 Å². The van der Waals surface area contributed by atoms with E-state index in [0.717, 1.165) is 36.9 Å². The van der Waals surface area contributed by atoms with Gasteiger partial charge in [0.25, 0.3) is 5.56 Å². The summed E-state index contributed by atoms with van der Waals surface area (Å²) in [4.78, 5) is 37.6. The predicted molar refractivity (Wildman–Crippen MR) is 107 cm³/mol. The Hall–Kier alpha value is -3.42. The highest BCUT2D eigenvalue weighted by molar-refractivity contribution is 6.01. The third kappa shape index (κ3) is 3.65. The fourth-order valence-corrected chi connectivity index (χ4v) is 3.70. The maximum Gasteiger partial charge on any atom is 0.340 e. The van der Waals surface area contributed by atoms with Gasteiger partial charge in [-0.2, -0.15) is 5.10 Å². The number of esters is 1. The van der Waals surface area contributed by atoms with E-state index in [-0.39, 0.29) is 24.3 Å². The van der Waals surface area contributed by atoms with Crippen molar-refractivity contribution < 1.29 is 14.3 Å². The summed E-state index contributed by atoms with van der Waals surface area (Å²) in [6.07, 6.45) is 7.08. The van der Waals surface area contributed by atoms with Gasteiger partial charge in [0.1, 0.15) is 12.1 Å². The van der Waals surface area contributed by atoms with E-state index >= 15 is 0 Å². The van der Waals surface area contributed by atoms with Crippen molar-refractivity contribution in [2.75, 3.05) is 11.9 Å². The fraction of sp³-hybridized carbons (Fsp3) is 0.333. The summed E-state index contributed by atoms with van der Waals surface area (Å²) >= 11 is 0. The van der Waals surface area contributed by atoms with Crippen LogP contribution in [0.3, 0.4) is 0 Å². The van der Waals surface area contributed by atoms with E-state index in [1.807, 2.05) is 0 Å². The zero-order valence-corrected chi connectivity index (χ0v) is 16.2. The van der Waals surface area contributed by atoms with Gasteiger partial charge in [0.15, 0.2) is 0 Å². The van der Waals surface area contributed by atoms with E-state index in [2.05, 4.69) is 10.4 Å². The number of benzene rings is 1. The van der Waals surface area contributed by atoms with Crippen LogP contribution in [0.4, 0.5) is 5.69 Å². The standard InChI is InChI=1S/C21H22N4O4/c1-2-29-21(28)15-8-4-5-9-16(15)22-18(26)13-24-11-12-25-19(20(24)27)14-7-3-6-10-17(14)23-25/h4-5,8-9,11-12H,2-3,6-7,10,13H2,1H3,(H,22,26). The molecule has 0 saturated heterocycles. The summed E-state index contributed by atoms with van der Waals surface area (Å²) in [5.74, 6) is -0.908. The molecule has 29 heavy (non-hydrogen) atoms. The van der Waals surface area contributed by atoms with Crippen molar-refractivity contribution in [2.45, 2.75) is 39.2 Å². The number of aromatic nitrogens is 3. The Bertz CT molecular complexity index is 1150. The molecule has 0 fully saturated rings. The molecule has 1 aliphatic carbocycles. The Morgan fingerprint density at radius 1 is 1.17 bits per heavy atom. The van der Waals surface area contributed by atoms with E-state index in [1.54, 1.807) is 48.1 Å². The van der Waals surface area contributed by atoms with Crippen molar-refractivity contribution in [2.24, 2.45) is 0 Å². The van der Waals surface area contributed by atoms with E-state index in [9.17, 15) is 14.4 Å². The molecule has 1 amide bonds. The summed E-state index contributed by atoms with van der Waals surface area (Å²) in [6.45, 7) is 1.80. The van der Waals surface area contributed by atoms with Crippen LogP contribution in [0.25, 0.3) is 5.52 Å². The molecule has 0 saturated carbocycles. The van der Waals surface area contributed by atoms with Crippen molar-refractivity contribution in [3.63, 3.8) is 0 Å². The number of hydrogen-bond acceptors (Lipinski definition) is 5. The Kier molecular flexibility index (Phi) is 5.16. The number of anilines is 1. The molecule has 1 aromatic carbocycles. The molecular weight excluding hydrogens is 372 g/mol. The van der Waals surface area contributed by atoms with Crippen LogP contribution in [0, 0.1) is 0 Å². The molecule has 1 N–H and O–H groups in total. The summed E-state index contributed by atoms with van der Waals surface area (Å²) in [5.41, 5.74) is 2.89. The molecule has 0 bridgehead atoms. The quantitative estimate of drug-likeness (QED) is 0.670. The number of carbonyl (C=O) groups excluding carboxylic acids is 2. The van der Waals surface area contributed by atoms with Crippen molar-refractivity contribution >= 4 is 23.1 Å². The lowest BCUT2D eigenvalue weighted by atomic mass is 9.97. The second-order valence-corrected chi connectivity index (χ2v) is 6.97. The number of nitrogens with zero attached hydrogens (tertiary/aromatic N) is 3. The average Bonchev–Trinajstić information content (AvgIpc) is 3.10. The summed E-state index contributed by atoms with van der Waals surface area (Å²) in [5, 5.41) is 7.21. The second kappa shape index (κ2) is 7.90. The molecule has 2 aromatic heterocycles. The number of amides is 1. The Labute approximate surface area is 167 Å². The average molecular weight is 394 g/mol. The molecule has 1 aliphatic rings. The predicted octanol–water partition coefficient (Wildman–Crippen LogP) is 2.19. The van der Waals surface area contributed by atoms with Gasteiger partial charge in [-0.15, -0.1) is 0 Å². The molecule has 8 heteroatoms. The minimum Gasteiger partial charge on any atom is -0.462 e. The van der Waals surface area contributed by atoms with E-state index < -0.39 is 11.9 Å². The van der Waals surface area contributed by atoms with Crippen LogP contribution in [0.1, 0.15) is 41.4 Å². The van der Waals surface area contributed by atoms with Crippen LogP contribution < -0.4 is 10.9 Å². The lowest BCUT2D eigenvalue weighted by molar-refractivity contribution is -0.116. The molecule has 0 radical (unpaired) electrons. The topological polar surface area (TPSA) is 94.7 Å². The normalized spacial score (nSPS) is 13.1. The Morgan fingerprint density at radius 3 is 2.79 bits per heavy atom. The van der Waals surface area contributed by atoms with Gasteiger partial charge >= 0.3 is 5.97 Å². The van der Waals surface area contributed by atoms with Gasteiger partial charge in [-0.1, -0.05) is 12.1 Å². The van der Waals surface area contributed by atoms with Crippen LogP contribution in [0.15, 0.2) is 41.5 Å². The van der Waals surface area contributed by atoms with Gasteiger partial charge in [0, 0.05) is 18.0 Å². The molecule has 150 valence electrons. The highest BCUT2D eigenvalue weighted by Crippen LogP contribution is 2.22. The zero-order chi connectivity index (χ0) is 20.4. The number of fused-ring (bicyclic) bond motifs is 3. The number of para-hydroxylation sites is 1. The third-order valence-corrected chi connectivity index (χ3v) is 5.04. The first kappa shape index (κ1) is 18.9. The van der Waals surface area contributed by atoms with Crippen molar-refractivity contribution in [3.8, 4) is 0 Å². The van der Waals surface area contributed by atoms with Crippen molar-refractivity contribution in [3.05, 3.63) is 63.8 Å². The van der Waals surface area contributed by atoms with Crippen LogP contribution >= 0.6 is 0 Å². The Balaban J connectivity index is 1.58. The first-order chi connectivity index (χ1) is 14.1. The van der Waals surface area contributed by atoms with E-state index in [1.165, 1.54) is 4.57 Å². The first-order valence-corrected chi connectivity index (χ1v) is 9.74. The SMILES string of the molecule is CCOC(=O)c1ccccc1NC(=O)Cn1ccn2nc3c(c2c1=O)CCCC3. The van der Waals surface area contributed by atoms with Crippen LogP contribution in [-0.2, 0) is 28.9 Å². The number of rotatable bonds is 5. The fourth-order valence-electron chi connectivity index (χ4n) is 3.70. The largest absolute Gasteiger partial charge is 0.462 e. The van der Waals surface area contributed by atoms with Gasteiger partial charge in [0.05, 0.1) is 23.6 Å². The number of carbonyl (C=O) groups is 2. The van der Waals surface area contributed by atoms with Gasteiger partial charge in [0.2, 0.25) is 5.91 Å². The molecule has 4 rings (SSSR count). The number of hydrogen-bond donors (Lipinski definition) is 1. The maximum absolute atomic E-state index is 13.0. The minimum absolute atomic E-state index is 0.160. The lowest BCUT2D eigenvalue weighted by Crippen LogP contribution is -2.29. The van der Waals surface area contributed by atoms with E-state index in [4.69, 9.17) is 4.74 Å². The van der Waals surface area contributed by atoms with E-state index in [0.29, 0.717) is 11.2 Å². The monoisotopic (exact) mass is 394 g/mol. The zero-order valence-electron chi connectivity index (χ0n) is 16.2. The number of aryl methyl sites for hydroxylation is 2. The lowest BCUT2D eigenvalue weighted by Gasteiger charge is -2.12. The van der Waals surface area contributed by atoms with Gasteiger partial charge in [-0.05, 0) is 44.7 Å². The summed E-state index contributed by atoms with van der Waals surface area (Å²) < 4.78 is 8.01. The second-order valence-electron chi connectivity index (χ2n) is 6.97. The van der Waals surface area contributed by atoms with Crippen LogP contribution in [0.5, 0.6) is 0 Å². The maximum atomic E-state index is 13.0. The molecule has 3 aromatic rings. The molecule has 2 heterocycles. The first-order valence-electron chi connectivity index (χ1n) is 9.74. The van der Waals surface area contributed by atoms with Crippen LogP contribution in [-0.4, -0.2) is 32.7 Å². The van der Waals surface area contributed by atoms with Crippen molar-refractivity contribution in [1.82, 2.24) is 14.2 Å². The highest BCUT2D eigenvalue weighted by Gasteiger charge is 2.20. The Morgan fingerprint density at radius 2 is 1.97 bits per heavy atom. The number of nitrogens with one attached hydrogen (secondary N) is 1. The molecule has 0 spiro atoms.